The number of H-pyrrole nitrogens is 1. The van der Waals surface area contributed by atoms with E-state index in [0.717, 1.165) is 0 Å². The summed E-state index contributed by atoms with van der Waals surface area (Å²) in [5, 5.41) is 11.6. The number of carboxylic acid groups (broad SMARTS) is 1. The van der Waals surface area contributed by atoms with Crippen molar-refractivity contribution in [3.05, 3.63) is 18.2 Å². The minimum absolute atomic E-state index is 0.143. The van der Waals surface area contributed by atoms with Gasteiger partial charge in [-0.2, -0.15) is 0 Å². The van der Waals surface area contributed by atoms with Crippen LogP contribution in [0.4, 0.5) is 0 Å². The number of nitrogens with zero attached hydrogens (tertiary/aromatic N) is 1. The van der Waals surface area contributed by atoms with E-state index in [1.54, 1.807) is 13.8 Å². The molecule has 0 fully saturated rings. The molecule has 7 nitrogen and oxygen atoms in total. The molecule has 0 saturated carbocycles. The standard InChI is InChI=1S/C12H19N3O4/c1-4-12(2,19-3)11(18)15-9(10(16)17)5-8-6-13-7-14-8/h6-7,9H,4-5H2,1-3H3,(H,13,14)(H,15,18)(H,16,17)/t9-,12?/m1/s1. The highest BCUT2D eigenvalue weighted by molar-refractivity contribution is 5.89. The van der Waals surface area contributed by atoms with Gasteiger partial charge in [0.15, 0.2) is 0 Å². The fourth-order valence-electron chi connectivity index (χ4n) is 1.52. The van der Waals surface area contributed by atoms with Gasteiger partial charge in [0.05, 0.1) is 6.33 Å². The maximum Gasteiger partial charge on any atom is 0.326 e. The molecule has 1 unspecified atom stereocenters. The summed E-state index contributed by atoms with van der Waals surface area (Å²) in [4.78, 5) is 29.8. The van der Waals surface area contributed by atoms with Crippen LogP contribution in [0.2, 0.25) is 0 Å². The molecule has 0 spiro atoms. The molecule has 0 aliphatic rings. The molecule has 0 aliphatic heterocycles. The summed E-state index contributed by atoms with van der Waals surface area (Å²) < 4.78 is 5.14. The van der Waals surface area contributed by atoms with Gasteiger partial charge in [-0.15, -0.1) is 0 Å². The number of carbonyl (C=O) groups is 2. The number of carbonyl (C=O) groups excluding carboxylic acids is 1. The van der Waals surface area contributed by atoms with Gasteiger partial charge in [0.2, 0.25) is 0 Å². The number of carboxylic acids is 1. The maximum absolute atomic E-state index is 12.0. The largest absolute Gasteiger partial charge is 0.480 e. The van der Waals surface area contributed by atoms with E-state index in [9.17, 15) is 9.59 Å². The van der Waals surface area contributed by atoms with Gasteiger partial charge in [-0.1, -0.05) is 6.92 Å². The summed E-state index contributed by atoms with van der Waals surface area (Å²) in [7, 11) is 1.42. The first-order chi connectivity index (χ1) is 8.92. The van der Waals surface area contributed by atoms with Crippen LogP contribution in [0.15, 0.2) is 12.5 Å². The third-order valence-corrected chi connectivity index (χ3v) is 3.19. The van der Waals surface area contributed by atoms with E-state index < -0.39 is 23.5 Å². The second kappa shape index (κ2) is 6.33. The summed E-state index contributed by atoms with van der Waals surface area (Å²) in [5.74, 6) is -1.54. The molecule has 3 N–H and O–H groups in total. The Hall–Kier alpha value is -1.89. The normalized spacial score (nSPS) is 15.5. The number of amides is 1. The summed E-state index contributed by atoms with van der Waals surface area (Å²) in [6.45, 7) is 3.42. The van der Waals surface area contributed by atoms with Crippen LogP contribution in [0.3, 0.4) is 0 Å². The van der Waals surface area contributed by atoms with Crippen LogP contribution in [0.1, 0.15) is 26.0 Å². The maximum atomic E-state index is 12.0. The molecule has 1 aromatic rings. The number of hydrogen-bond acceptors (Lipinski definition) is 4. The van der Waals surface area contributed by atoms with E-state index in [4.69, 9.17) is 9.84 Å². The van der Waals surface area contributed by atoms with Crippen molar-refractivity contribution in [3.8, 4) is 0 Å². The van der Waals surface area contributed by atoms with Gasteiger partial charge in [-0.05, 0) is 13.3 Å². The summed E-state index contributed by atoms with van der Waals surface area (Å²) in [6.07, 6.45) is 3.58. The van der Waals surface area contributed by atoms with Crippen LogP contribution in [0.5, 0.6) is 0 Å². The van der Waals surface area contributed by atoms with Crippen molar-refractivity contribution >= 4 is 11.9 Å². The zero-order valence-corrected chi connectivity index (χ0v) is 11.3. The fraction of sp³-hybridized carbons (Fsp3) is 0.583. The van der Waals surface area contributed by atoms with Crippen molar-refractivity contribution in [2.45, 2.75) is 38.3 Å². The molecule has 7 heteroatoms. The van der Waals surface area contributed by atoms with E-state index in [2.05, 4.69) is 15.3 Å². The lowest BCUT2D eigenvalue weighted by molar-refractivity contribution is -0.148. The average molecular weight is 269 g/mol. The first-order valence-electron chi connectivity index (χ1n) is 5.99. The number of imidazole rings is 1. The Balaban J connectivity index is 2.74. The Morgan fingerprint density at radius 1 is 1.63 bits per heavy atom. The number of nitrogens with one attached hydrogen (secondary N) is 2. The van der Waals surface area contributed by atoms with Gasteiger partial charge in [0, 0.05) is 25.4 Å². The predicted molar refractivity (Wildman–Crippen MR) is 67.6 cm³/mol. The smallest absolute Gasteiger partial charge is 0.326 e. The summed E-state index contributed by atoms with van der Waals surface area (Å²) >= 11 is 0. The lowest BCUT2D eigenvalue weighted by atomic mass is 10.0. The van der Waals surface area contributed by atoms with Gasteiger partial charge in [-0.3, -0.25) is 4.79 Å². The highest BCUT2D eigenvalue weighted by Crippen LogP contribution is 2.14. The van der Waals surface area contributed by atoms with E-state index >= 15 is 0 Å². The molecule has 1 rings (SSSR count). The van der Waals surface area contributed by atoms with Gasteiger partial charge in [0.25, 0.3) is 5.91 Å². The minimum Gasteiger partial charge on any atom is -0.480 e. The second-order valence-electron chi connectivity index (χ2n) is 4.43. The number of ether oxygens (including phenoxy) is 1. The SMILES string of the molecule is CCC(C)(OC)C(=O)N[C@H](Cc1cnc[nH]1)C(=O)O. The average Bonchev–Trinajstić information content (AvgIpc) is 2.89. The molecule has 0 bridgehead atoms. The zero-order valence-electron chi connectivity index (χ0n) is 11.3. The van der Waals surface area contributed by atoms with Crippen LogP contribution >= 0.6 is 0 Å². The first kappa shape index (κ1) is 15.2. The highest BCUT2D eigenvalue weighted by atomic mass is 16.5. The van der Waals surface area contributed by atoms with Crippen molar-refractivity contribution < 1.29 is 19.4 Å². The zero-order chi connectivity index (χ0) is 14.5. The predicted octanol–water partition coefficient (Wildman–Crippen LogP) is 0.337. The Bertz CT molecular complexity index is 426. The number of rotatable bonds is 7. The summed E-state index contributed by atoms with van der Waals surface area (Å²) in [6, 6.07) is -1.02. The van der Waals surface area contributed by atoms with Crippen molar-refractivity contribution in [2.24, 2.45) is 0 Å². The van der Waals surface area contributed by atoms with Gasteiger partial charge in [-0.25, -0.2) is 9.78 Å². The molecule has 0 aliphatic carbocycles. The first-order valence-corrected chi connectivity index (χ1v) is 5.99. The number of hydrogen-bond donors (Lipinski definition) is 3. The number of aromatic amines is 1. The van der Waals surface area contributed by atoms with E-state index in [1.165, 1.54) is 19.6 Å². The molecule has 19 heavy (non-hydrogen) atoms. The van der Waals surface area contributed by atoms with E-state index in [0.29, 0.717) is 12.1 Å². The Morgan fingerprint density at radius 3 is 2.74 bits per heavy atom. The highest BCUT2D eigenvalue weighted by Gasteiger charge is 2.34. The van der Waals surface area contributed by atoms with Crippen LogP contribution < -0.4 is 5.32 Å². The van der Waals surface area contributed by atoms with Crippen molar-refractivity contribution in [1.29, 1.82) is 0 Å². The molecule has 2 atom stereocenters. The van der Waals surface area contributed by atoms with Crippen LogP contribution in [0, 0.1) is 0 Å². The monoisotopic (exact) mass is 269 g/mol. The van der Waals surface area contributed by atoms with Gasteiger partial charge >= 0.3 is 5.97 Å². The van der Waals surface area contributed by atoms with Crippen LogP contribution in [-0.2, 0) is 20.7 Å². The quantitative estimate of drug-likeness (QED) is 0.662. The number of methoxy groups -OCH3 is 1. The molecule has 0 radical (unpaired) electrons. The Kier molecular flexibility index (Phi) is 5.05. The Labute approximate surface area is 111 Å². The lowest BCUT2D eigenvalue weighted by Crippen LogP contribution is -2.52. The van der Waals surface area contributed by atoms with Crippen molar-refractivity contribution in [2.75, 3.05) is 7.11 Å². The minimum atomic E-state index is -1.10. The lowest BCUT2D eigenvalue weighted by Gasteiger charge is -2.27. The van der Waals surface area contributed by atoms with Crippen molar-refractivity contribution in [1.82, 2.24) is 15.3 Å². The van der Waals surface area contributed by atoms with Crippen LogP contribution in [-0.4, -0.2) is 45.7 Å². The molecule has 1 aromatic heterocycles. The second-order valence-corrected chi connectivity index (χ2v) is 4.43. The molecule has 0 saturated heterocycles. The van der Waals surface area contributed by atoms with Crippen LogP contribution in [0.25, 0.3) is 0 Å². The number of aliphatic carboxylic acids is 1. The third-order valence-electron chi connectivity index (χ3n) is 3.19. The third kappa shape index (κ3) is 3.78. The van der Waals surface area contributed by atoms with E-state index in [1.807, 2.05) is 0 Å². The molecule has 1 amide bonds. The van der Waals surface area contributed by atoms with Gasteiger partial charge < -0.3 is 20.1 Å². The molecule has 1 heterocycles. The topological polar surface area (TPSA) is 104 Å². The molecule has 106 valence electrons. The molecular weight excluding hydrogens is 250 g/mol. The van der Waals surface area contributed by atoms with E-state index in [-0.39, 0.29) is 6.42 Å². The Morgan fingerprint density at radius 2 is 2.32 bits per heavy atom. The summed E-state index contributed by atoms with van der Waals surface area (Å²) in [5.41, 5.74) is -0.384. The molecular formula is C12H19N3O4. The molecule has 0 aromatic carbocycles. The number of aromatic nitrogens is 2. The van der Waals surface area contributed by atoms with Gasteiger partial charge in [0.1, 0.15) is 11.6 Å². The fourth-order valence-corrected chi connectivity index (χ4v) is 1.52. The van der Waals surface area contributed by atoms with Crippen molar-refractivity contribution in [3.63, 3.8) is 0 Å².